The molecule has 1 aromatic heterocycles. The predicted octanol–water partition coefficient (Wildman–Crippen LogP) is 3.61. The lowest BCUT2D eigenvalue weighted by atomic mass is 10.1. The molecule has 0 fully saturated rings. The first-order valence-corrected chi connectivity index (χ1v) is 6.79. The zero-order chi connectivity index (χ0) is 16.2. The first kappa shape index (κ1) is 14.2. The molecule has 0 amide bonds. The molecule has 0 aliphatic heterocycles. The van der Waals surface area contributed by atoms with Crippen molar-refractivity contribution in [2.75, 3.05) is 0 Å². The SMILES string of the molecule is N#CC(C#N)=C(O)c1ccc2cnc(-c3ccccc3)nc2c1. The number of hydrogen-bond donors (Lipinski definition) is 1. The van der Waals surface area contributed by atoms with Gasteiger partial charge in [0.2, 0.25) is 0 Å². The summed E-state index contributed by atoms with van der Waals surface area (Å²) in [6.07, 6.45) is 1.70. The van der Waals surface area contributed by atoms with Crippen molar-refractivity contribution in [3.8, 4) is 23.5 Å². The Morgan fingerprint density at radius 2 is 1.74 bits per heavy atom. The van der Waals surface area contributed by atoms with E-state index in [9.17, 15) is 5.11 Å². The minimum Gasteiger partial charge on any atom is -0.505 e. The van der Waals surface area contributed by atoms with E-state index in [1.54, 1.807) is 36.5 Å². The maximum atomic E-state index is 10.0. The standard InChI is InChI=1S/C18H10N4O/c19-9-15(10-20)17(23)13-6-7-14-11-21-18(22-16(14)8-13)12-4-2-1-3-5-12/h1-8,11,23H. The van der Waals surface area contributed by atoms with Gasteiger partial charge in [0.15, 0.2) is 17.2 Å². The molecule has 0 spiro atoms. The summed E-state index contributed by atoms with van der Waals surface area (Å²) in [4.78, 5) is 8.82. The molecule has 3 rings (SSSR count). The molecule has 2 aromatic carbocycles. The summed E-state index contributed by atoms with van der Waals surface area (Å²) in [5, 5.41) is 28.5. The Balaban J connectivity index is 2.15. The van der Waals surface area contributed by atoms with Gasteiger partial charge < -0.3 is 5.11 Å². The highest BCUT2D eigenvalue weighted by atomic mass is 16.3. The highest BCUT2D eigenvalue weighted by Crippen LogP contribution is 2.22. The van der Waals surface area contributed by atoms with Gasteiger partial charge in [-0.1, -0.05) is 42.5 Å². The van der Waals surface area contributed by atoms with Crippen molar-refractivity contribution < 1.29 is 5.11 Å². The number of rotatable bonds is 2. The Labute approximate surface area is 132 Å². The van der Waals surface area contributed by atoms with E-state index < -0.39 is 0 Å². The topological polar surface area (TPSA) is 93.6 Å². The molecule has 0 saturated heterocycles. The van der Waals surface area contributed by atoms with Gasteiger partial charge in [-0.3, -0.25) is 0 Å². The molecule has 23 heavy (non-hydrogen) atoms. The molecular weight excluding hydrogens is 288 g/mol. The highest BCUT2D eigenvalue weighted by Gasteiger charge is 2.09. The molecule has 108 valence electrons. The summed E-state index contributed by atoms with van der Waals surface area (Å²) >= 11 is 0. The fraction of sp³-hybridized carbons (Fsp3) is 0. The molecule has 0 aliphatic rings. The quantitative estimate of drug-likeness (QED) is 0.576. The Hall–Kier alpha value is -3.70. The molecule has 0 unspecified atom stereocenters. The van der Waals surface area contributed by atoms with E-state index in [0.717, 1.165) is 10.9 Å². The molecule has 0 saturated carbocycles. The Bertz CT molecular complexity index is 979. The van der Waals surface area contributed by atoms with E-state index in [-0.39, 0.29) is 11.3 Å². The molecule has 0 radical (unpaired) electrons. The molecule has 1 heterocycles. The summed E-state index contributed by atoms with van der Waals surface area (Å²) in [7, 11) is 0. The second-order valence-electron chi connectivity index (χ2n) is 4.78. The van der Waals surface area contributed by atoms with E-state index in [4.69, 9.17) is 10.5 Å². The maximum absolute atomic E-state index is 10.0. The van der Waals surface area contributed by atoms with Crippen LogP contribution in [0.25, 0.3) is 28.0 Å². The van der Waals surface area contributed by atoms with Gasteiger partial charge in [-0.15, -0.1) is 0 Å². The minimum atomic E-state index is -0.350. The van der Waals surface area contributed by atoms with Gasteiger partial charge in [-0.05, 0) is 6.07 Å². The average molecular weight is 298 g/mol. The largest absolute Gasteiger partial charge is 0.505 e. The van der Waals surface area contributed by atoms with Crippen LogP contribution in [0.15, 0.2) is 60.3 Å². The minimum absolute atomic E-state index is 0.332. The number of fused-ring (bicyclic) bond motifs is 1. The molecule has 0 bridgehead atoms. The van der Waals surface area contributed by atoms with E-state index in [2.05, 4.69) is 9.97 Å². The van der Waals surface area contributed by atoms with Crippen molar-refractivity contribution in [1.82, 2.24) is 9.97 Å². The van der Waals surface area contributed by atoms with Crippen LogP contribution in [0.4, 0.5) is 0 Å². The Kier molecular flexibility index (Phi) is 3.70. The number of nitrogens with zero attached hydrogens (tertiary/aromatic N) is 4. The summed E-state index contributed by atoms with van der Waals surface area (Å²) in [6.45, 7) is 0. The predicted molar refractivity (Wildman–Crippen MR) is 85.7 cm³/mol. The lowest BCUT2D eigenvalue weighted by Gasteiger charge is -2.05. The summed E-state index contributed by atoms with van der Waals surface area (Å²) < 4.78 is 0. The van der Waals surface area contributed by atoms with E-state index in [1.807, 2.05) is 30.3 Å². The smallest absolute Gasteiger partial charge is 0.171 e. The maximum Gasteiger partial charge on any atom is 0.171 e. The number of nitriles is 2. The lowest BCUT2D eigenvalue weighted by Crippen LogP contribution is -1.92. The zero-order valence-corrected chi connectivity index (χ0v) is 11.9. The van der Waals surface area contributed by atoms with Gasteiger partial charge in [0.1, 0.15) is 12.1 Å². The number of aromatic nitrogens is 2. The van der Waals surface area contributed by atoms with Crippen molar-refractivity contribution >= 4 is 16.7 Å². The van der Waals surface area contributed by atoms with Crippen LogP contribution < -0.4 is 0 Å². The summed E-state index contributed by atoms with van der Waals surface area (Å²) in [5.41, 5.74) is 1.54. The molecular formula is C18H10N4O. The third-order valence-corrected chi connectivity index (χ3v) is 3.35. The first-order chi connectivity index (χ1) is 11.2. The van der Waals surface area contributed by atoms with Gasteiger partial charge >= 0.3 is 0 Å². The Morgan fingerprint density at radius 1 is 1.00 bits per heavy atom. The number of aliphatic hydroxyl groups is 1. The number of aliphatic hydroxyl groups excluding tert-OH is 1. The van der Waals surface area contributed by atoms with Gasteiger partial charge in [0.25, 0.3) is 0 Å². The van der Waals surface area contributed by atoms with Crippen molar-refractivity contribution in [1.29, 1.82) is 10.5 Å². The van der Waals surface area contributed by atoms with Crippen LogP contribution in [0.3, 0.4) is 0 Å². The van der Waals surface area contributed by atoms with Gasteiger partial charge in [0, 0.05) is 22.7 Å². The van der Waals surface area contributed by atoms with Crippen LogP contribution >= 0.6 is 0 Å². The van der Waals surface area contributed by atoms with E-state index >= 15 is 0 Å². The van der Waals surface area contributed by atoms with Crippen LogP contribution in [0.1, 0.15) is 5.56 Å². The third-order valence-electron chi connectivity index (χ3n) is 3.35. The van der Waals surface area contributed by atoms with Crippen LogP contribution in [0, 0.1) is 22.7 Å². The third kappa shape index (κ3) is 2.72. The molecule has 3 aromatic rings. The zero-order valence-electron chi connectivity index (χ0n) is 11.9. The molecule has 5 heteroatoms. The van der Waals surface area contributed by atoms with Crippen molar-refractivity contribution in [2.45, 2.75) is 0 Å². The van der Waals surface area contributed by atoms with Crippen molar-refractivity contribution in [3.05, 3.63) is 65.9 Å². The molecule has 0 atom stereocenters. The number of allylic oxidation sites excluding steroid dienone is 1. The summed E-state index contributed by atoms with van der Waals surface area (Å²) in [5.74, 6) is 0.219. The highest BCUT2D eigenvalue weighted by molar-refractivity contribution is 5.84. The number of hydrogen-bond acceptors (Lipinski definition) is 5. The van der Waals surface area contributed by atoms with Gasteiger partial charge in [0.05, 0.1) is 5.52 Å². The molecule has 1 N–H and O–H groups in total. The van der Waals surface area contributed by atoms with Gasteiger partial charge in [-0.25, -0.2) is 9.97 Å². The van der Waals surface area contributed by atoms with Crippen LogP contribution in [0.2, 0.25) is 0 Å². The second kappa shape index (κ2) is 5.97. The lowest BCUT2D eigenvalue weighted by molar-refractivity contribution is 0.510. The number of benzene rings is 2. The monoisotopic (exact) mass is 298 g/mol. The fourth-order valence-electron chi connectivity index (χ4n) is 2.17. The average Bonchev–Trinajstić information content (AvgIpc) is 2.62. The summed E-state index contributed by atoms with van der Waals surface area (Å²) in [6, 6.07) is 17.9. The van der Waals surface area contributed by atoms with Crippen LogP contribution in [0.5, 0.6) is 0 Å². The van der Waals surface area contributed by atoms with Crippen molar-refractivity contribution in [2.24, 2.45) is 0 Å². The Morgan fingerprint density at radius 3 is 2.43 bits per heavy atom. The van der Waals surface area contributed by atoms with Crippen LogP contribution in [-0.2, 0) is 0 Å². The van der Waals surface area contributed by atoms with Gasteiger partial charge in [-0.2, -0.15) is 10.5 Å². The molecule has 5 nitrogen and oxygen atoms in total. The first-order valence-electron chi connectivity index (χ1n) is 6.79. The van der Waals surface area contributed by atoms with Crippen molar-refractivity contribution in [3.63, 3.8) is 0 Å². The second-order valence-corrected chi connectivity index (χ2v) is 4.78. The normalized spacial score (nSPS) is 9.83. The van der Waals surface area contributed by atoms with E-state index in [0.29, 0.717) is 16.9 Å². The fourth-order valence-corrected chi connectivity index (χ4v) is 2.17. The van der Waals surface area contributed by atoms with E-state index in [1.165, 1.54) is 0 Å². The molecule has 0 aliphatic carbocycles. The van der Waals surface area contributed by atoms with Crippen LogP contribution in [-0.4, -0.2) is 15.1 Å².